The maximum absolute atomic E-state index is 11.7. The minimum Gasteiger partial charge on any atom is -0.492 e. The van der Waals surface area contributed by atoms with E-state index in [1.807, 2.05) is 44.2 Å². The summed E-state index contributed by atoms with van der Waals surface area (Å²) in [6, 6.07) is 9.23. The molecular formula is C15H19N3O2. The maximum Gasteiger partial charge on any atom is 0.263 e. The highest BCUT2D eigenvalue weighted by Crippen LogP contribution is 2.23. The zero-order valence-corrected chi connectivity index (χ0v) is 11.8. The van der Waals surface area contributed by atoms with E-state index in [0.29, 0.717) is 24.6 Å². The van der Waals surface area contributed by atoms with Crippen LogP contribution in [0.2, 0.25) is 0 Å². The van der Waals surface area contributed by atoms with Crippen molar-refractivity contribution in [2.45, 2.75) is 20.3 Å². The fourth-order valence-electron chi connectivity index (χ4n) is 1.50. The normalized spacial score (nSPS) is 10.6. The second-order valence-corrected chi connectivity index (χ2v) is 4.00. The fraction of sp³-hybridized carbons (Fsp3) is 0.333. The number of nitrogens with zero attached hydrogens (tertiary/aromatic N) is 1. The van der Waals surface area contributed by atoms with Crippen molar-refractivity contribution < 1.29 is 9.53 Å². The number of anilines is 1. The molecule has 0 fully saturated rings. The lowest BCUT2D eigenvalue weighted by Crippen LogP contribution is -2.25. The van der Waals surface area contributed by atoms with Crippen molar-refractivity contribution >= 4 is 11.6 Å². The molecule has 0 bridgehead atoms. The Kier molecular flexibility index (Phi) is 6.69. The van der Waals surface area contributed by atoms with Gasteiger partial charge in [-0.25, -0.2) is 0 Å². The highest BCUT2D eigenvalue weighted by atomic mass is 16.5. The number of rotatable bonds is 7. The Labute approximate surface area is 119 Å². The lowest BCUT2D eigenvalue weighted by molar-refractivity contribution is -0.117. The van der Waals surface area contributed by atoms with Crippen molar-refractivity contribution in [1.29, 1.82) is 5.26 Å². The van der Waals surface area contributed by atoms with Gasteiger partial charge in [0.05, 0.1) is 12.3 Å². The van der Waals surface area contributed by atoms with Crippen LogP contribution in [0.4, 0.5) is 5.69 Å². The molecule has 0 aliphatic rings. The molecule has 5 nitrogen and oxygen atoms in total. The van der Waals surface area contributed by atoms with E-state index in [1.54, 1.807) is 0 Å². The summed E-state index contributed by atoms with van der Waals surface area (Å²) in [4.78, 5) is 11.7. The molecule has 1 rings (SSSR count). The lowest BCUT2D eigenvalue weighted by Gasteiger charge is -2.09. The Bertz CT molecular complexity index is 518. The molecule has 0 heterocycles. The van der Waals surface area contributed by atoms with E-state index in [4.69, 9.17) is 10.00 Å². The Morgan fingerprint density at radius 3 is 2.80 bits per heavy atom. The predicted octanol–water partition coefficient (Wildman–Crippen LogP) is 2.43. The Morgan fingerprint density at radius 2 is 2.15 bits per heavy atom. The third-order valence-corrected chi connectivity index (χ3v) is 2.46. The van der Waals surface area contributed by atoms with Gasteiger partial charge in [0.2, 0.25) is 0 Å². The Hall–Kier alpha value is -2.48. The summed E-state index contributed by atoms with van der Waals surface area (Å²) in [5, 5.41) is 14.6. The zero-order chi connectivity index (χ0) is 14.8. The molecule has 0 aliphatic heterocycles. The first kappa shape index (κ1) is 15.6. The van der Waals surface area contributed by atoms with Crippen LogP contribution in [0.3, 0.4) is 0 Å². The number of carbonyl (C=O) groups excluding carboxylic acids is 1. The van der Waals surface area contributed by atoms with Gasteiger partial charge in [-0.15, -0.1) is 0 Å². The highest BCUT2D eigenvalue weighted by Gasteiger charge is 2.08. The number of ether oxygens (including phenoxy) is 1. The van der Waals surface area contributed by atoms with Crippen LogP contribution in [-0.2, 0) is 4.79 Å². The summed E-state index contributed by atoms with van der Waals surface area (Å²) in [5.41, 5.74) is 0.746. The van der Waals surface area contributed by atoms with Crippen molar-refractivity contribution in [3.05, 3.63) is 36.0 Å². The summed E-state index contributed by atoms with van der Waals surface area (Å²) in [7, 11) is 0. The van der Waals surface area contributed by atoms with Gasteiger partial charge in [-0.05, 0) is 25.5 Å². The van der Waals surface area contributed by atoms with Gasteiger partial charge in [-0.2, -0.15) is 5.26 Å². The molecule has 0 aromatic heterocycles. The van der Waals surface area contributed by atoms with Gasteiger partial charge in [-0.1, -0.05) is 19.1 Å². The molecule has 1 aromatic carbocycles. The van der Waals surface area contributed by atoms with Gasteiger partial charge in [0.1, 0.15) is 17.4 Å². The van der Waals surface area contributed by atoms with Gasteiger partial charge in [0, 0.05) is 12.7 Å². The average Bonchev–Trinajstić information content (AvgIpc) is 2.47. The smallest absolute Gasteiger partial charge is 0.263 e. The minimum atomic E-state index is -0.379. The van der Waals surface area contributed by atoms with Crippen molar-refractivity contribution in [3.63, 3.8) is 0 Å². The van der Waals surface area contributed by atoms with Crippen molar-refractivity contribution in [2.75, 3.05) is 18.5 Å². The van der Waals surface area contributed by atoms with Crippen LogP contribution >= 0.6 is 0 Å². The average molecular weight is 273 g/mol. The summed E-state index contributed by atoms with van der Waals surface area (Å²) >= 11 is 0. The zero-order valence-electron chi connectivity index (χ0n) is 11.8. The van der Waals surface area contributed by atoms with Crippen LogP contribution in [0.15, 0.2) is 36.0 Å². The van der Waals surface area contributed by atoms with Gasteiger partial charge < -0.3 is 15.4 Å². The fourth-order valence-corrected chi connectivity index (χ4v) is 1.50. The van der Waals surface area contributed by atoms with Crippen LogP contribution in [0.25, 0.3) is 0 Å². The molecule has 0 radical (unpaired) electrons. The molecule has 106 valence electrons. The third-order valence-electron chi connectivity index (χ3n) is 2.46. The van der Waals surface area contributed by atoms with Crippen molar-refractivity contribution in [1.82, 2.24) is 5.32 Å². The van der Waals surface area contributed by atoms with E-state index < -0.39 is 0 Å². The molecule has 0 aliphatic carbocycles. The van der Waals surface area contributed by atoms with Gasteiger partial charge in [-0.3, -0.25) is 4.79 Å². The quantitative estimate of drug-likeness (QED) is 0.591. The topological polar surface area (TPSA) is 74.2 Å². The molecule has 0 saturated heterocycles. The summed E-state index contributed by atoms with van der Waals surface area (Å²) < 4.78 is 5.45. The van der Waals surface area contributed by atoms with Crippen LogP contribution in [0.1, 0.15) is 20.3 Å². The predicted molar refractivity (Wildman–Crippen MR) is 78.2 cm³/mol. The summed E-state index contributed by atoms with van der Waals surface area (Å²) in [6.45, 7) is 4.94. The molecule has 20 heavy (non-hydrogen) atoms. The van der Waals surface area contributed by atoms with Crippen LogP contribution in [0.5, 0.6) is 5.75 Å². The van der Waals surface area contributed by atoms with Gasteiger partial charge in [0.15, 0.2) is 0 Å². The van der Waals surface area contributed by atoms with Crippen LogP contribution in [-0.4, -0.2) is 19.1 Å². The number of hydrogen-bond acceptors (Lipinski definition) is 4. The molecule has 0 saturated carbocycles. The molecular weight excluding hydrogens is 254 g/mol. The highest BCUT2D eigenvalue weighted by molar-refractivity contribution is 5.97. The first-order valence-electron chi connectivity index (χ1n) is 6.59. The molecule has 0 spiro atoms. The number of carbonyl (C=O) groups is 1. The van der Waals surface area contributed by atoms with E-state index >= 15 is 0 Å². The summed E-state index contributed by atoms with van der Waals surface area (Å²) in [6.07, 6.45) is 2.22. The molecule has 0 unspecified atom stereocenters. The number of para-hydroxylation sites is 2. The van der Waals surface area contributed by atoms with E-state index in [9.17, 15) is 4.79 Å². The molecule has 2 N–H and O–H groups in total. The standard InChI is InChI=1S/C15H19N3O2/c1-3-9-17-15(19)12(10-16)11-18-13-7-5-6-8-14(13)20-4-2/h5-8,11,18H,3-4,9H2,1-2H3,(H,17,19)/b12-11-. The van der Waals surface area contributed by atoms with E-state index in [1.165, 1.54) is 6.20 Å². The number of benzene rings is 1. The van der Waals surface area contributed by atoms with Gasteiger partial charge in [0.25, 0.3) is 5.91 Å². The first-order chi connectivity index (χ1) is 9.72. The number of nitriles is 1. The number of hydrogen-bond donors (Lipinski definition) is 2. The van der Waals surface area contributed by atoms with Crippen molar-refractivity contribution in [2.24, 2.45) is 0 Å². The van der Waals surface area contributed by atoms with E-state index in [-0.39, 0.29) is 11.5 Å². The van der Waals surface area contributed by atoms with Crippen LogP contribution in [0, 0.1) is 11.3 Å². The van der Waals surface area contributed by atoms with Crippen LogP contribution < -0.4 is 15.4 Å². The second kappa shape index (κ2) is 8.59. The van der Waals surface area contributed by atoms with E-state index in [0.717, 1.165) is 6.42 Å². The van der Waals surface area contributed by atoms with Crippen molar-refractivity contribution in [3.8, 4) is 11.8 Å². The molecule has 1 aromatic rings. The van der Waals surface area contributed by atoms with Gasteiger partial charge >= 0.3 is 0 Å². The third kappa shape index (κ3) is 4.65. The van der Waals surface area contributed by atoms with E-state index in [2.05, 4.69) is 10.6 Å². The minimum absolute atomic E-state index is 0.0322. The second-order valence-electron chi connectivity index (χ2n) is 4.00. The monoisotopic (exact) mass is 273 g/mol. The maximum atomic E-state index is 11.7. The largest absolute Gasteiger partial charge is 0.492 e. The number of amides is 1. The Balaban J connectivity index is 2.79. The first-order valence-corrected chi connectivity index (χ1v) is 6.59. The lowest BCUT2D eigenvalue weighted by atomic mass is 10.2. The molecule has 5 heteroatoms. The molecule has 0 atom stereocenters. The number of nitrogens with one attached hydrogen (secondary N) is 2. The summed E-state index contributed by atoms with van der Waals surface area (Å²) in [5.74, 6) is 0.299. The Morgan fingerprint density at radius 1 is 1.40 bits per heavy atom. The molecule has 1 amide bonds. The SMILES string of the molecule is CCCNC(=O)/C(C#N)=C\Nc1ccccc1OCC.